The first-order valence-electron chi connectivity index (χ1n) is 16.3. The van der Waals surface area contributed by atoms with E-state index in [1.165, 1.54) is 44.2 Å². The Morgan fingerprint density at radius 1 is 0.562 bits per heavy atom. The van der Waals surface area contributed by atoms with Gasteiger partial charge in [-0.1, -0.05) is 115 Å². The van der Waals surface area contributed by atoms with Crippen LogP contribution < -0.4 is 10.6 Å². The molecule has 2 heterocycles. The van der Waals surface area contributed by atoms with Crippen LogP contribution in [0.25, 0.3) is 89.5 Å². The fraction of sp³-hybridized carbons (Fsp3) is 0.0682. The molecule has 0 fully saturated rings. The summed E-state index contributed by atoms with van der Waals surface area (Å²) in [5, 5.41) is 4.82. The third-order valence-corrected chi connectivity index (χ3v) is 9.57. The van der Waals surface area contributed by atoms with Gasteiger partial charge in [-0.15, -0.1) is 0 Å². The van der Waals surface area contributed by atoms with Gasteiger partial charge in [-0.25, -0.2) is 15.0 Å². The maximum absolute atomic E-state index is 6.42. The Morgan fingerprint density at radius 2 is 1.19 bits per heavy atom. The zero-order valence-corrected chi connectivity index (χ0v) is 27.0. The number of fused-ring (bicyclic) bond motifs is 4. The highest BCUT2D eigenvalue weighted by Gasteiger charge is 2.22. The number of aryl methyl sites for hydroxylation is 1. The molecule has 0 N–H and O–H groups in total. The van der Waals surface area contributed by atoms with Crippen molar-refractivity contribution in [2.45, 2.75) is 20.8 Å². The van der Waals surface area contributed by atoms with Crippen LogP contribution in [0.5, 0.6) is 0 Å². The van der Waals surface area contributed by atoms with Crippen molar-refractivity contribution in [1.29, 1.82) is 0 Å². The lowest BCUT2D eigenvalue weighted by Gasteiger charge is -2.10. The molecule has 0 radical (unpaired) electrons. The lowest BCUT2D eigenvalue weighted by molar-refractivity contribution is 0.574. The molecule has 0 bridgehead atoms. The summed E-state index contributed by atoms with van der Waals surface area (Å²) in [4.78, 5) is 14.0. The third kappa shape index (κ3) is 4.41. The van der Waals surface area contributed by atoms with Crippen LogP contribution in [0.15, 0.2) is 132 Å². The van der Waals surface area contributed by atoms with Gasteiger partial charge in [0.15, 0.2) is 11.6 Å². The van der Waals surface area contributed by atoms with Crippen LogP contribution in [0.2, 0.25) is 0 Å². The zero-order valence-electron chi connectivity index (χ0n) is 27.0. The molecule has 8 aromatic rings. The van der Waals surface area contributed by atoms with E-state index in [1.54, 1.807) is 0 Å². The van der Waals surface area contributed by atoms with Crippen molar-refractivity contribution in [1.82, 2.24) is 15.0 Å². The molecule has 0 saturated heterocycles. The van der Waals surface area contributed by atoms with E-state index in [2.05, 4.69) is 120 Å². The highest BCUT2D eigenvalue weighted by Crippen LogP contribution is 2.49. The Labute approximate surface area is 278 Å². The minimum Gasteiger partial charge on any atom is -0.456 e. The van der Waals surface area contributed by atoms with Crippen molar-refractivity contribution < 1.29 is 4.42 Å². The smallest absolute Gasteiger partial charge is 0.163 e. The molecule has 228 valence electrons. The van der Waals surface area contributed by atoms with Gasteiger partial charge in [0.05, 0.1) is 0 Å². The molecule has 4 nitrogen and oxygen atoms in total. The standard InChI is InChI=1S/C44H31N3O/c1-4-39-41(26(2)28-17-19-30(20-18-28)44-46-27(3)45-43(47-44)29-11-6-5-7-12-29)38-25-31(21-24-40(38)48-39)32-22-23-37-34-14-9-8-13-33(34)36-16-10-15-35(32)42(36)37/h4-25H,1-3H3/b39-4+,41-26+. The van der Waals surface area contributed by atoms with Crippen LogP contribution in [-0.4, -0.2) is 15.0 Å². The number of nitrogens with zero attached hydrogens (tertiary/aromatic N) is 3. The minimum atomic E-state index is 0.667. The van der Waals surface area contributed by atoms with E-state index >= 15 is 0 Å². The maximum atomic E-state index is 6.42. The normalized spacial score (nSPS) is 12.9. The van der Waals surface area contributed by atoms with E-state index in [0.29, 0.717) is 17.5 Å². The predicted molar refractivity (Wildman–Crippen MR) is 197 cm³/mol. The van der Waals surface area contributed by atoms with Crippen molar-refractivity contribution in [3.05, 3.63) is 149 Å². The second-order valence-electron chi connectivity index (χ2n) is 12.4. The van der Waals surface area contributed by atoms with Crippen molar-refractivity contribution >= 4 is 33.4 Å². The SMILES string of the molecule is C/C=c1/oc2ccc(-c3ccc4c5c(cccc35)-c3ccccc3-4)cc2/c1=C(/C)c1ccc(-c2nc(C)nc(-c3ccccc3)n2)cc1. The molecule has 6 aromatic carbocycles. The summed E-state index contributed by atoms with van der Waals surface area (Å²) in [5.41, 5.74) is 13.6. The molecular weight excluding hydrogens is 587 g/mol. The summed E-state index contributed by atoms with van der Waals surface area (Å²) in [5.74, 6) is 2.04. The Bertz CT molecular complexity index is 2660. The largest absolute Gasteiger partial charge is 0.456 e. The van der Waals surface area contributed by atoms with Gasteiger partial charge < -0.3 is 4.42 Å². The van der Waals surface area contributed by atoms with Crippen LogP contribution in [0, 0.1) is 6.92 Å². The van der Waals surface area contributed by atoms with E-state index < -0.39 is 0 Å². The van der Waals surface area contributed by atoms with E-state index in [0.717, 1.165) is 43.9 Å². The molecule has 0 saturated carbocycles. The average molecular weight is 618 g/mol. The van der Waals surface area contributed by atoms with Gasteiger partial charge in [-0.05, 0) is 94.3 Å². The number of benzene rings is 6. The summed E-state index contributed by atoms with van der Waals surface area (Å²) < 4.78 is 6.42. The number of rotatable bonds is 4. The number of aromatic nitrogens is 3. The summed E-state index contributed by atoms with van der Waals surface area (Å²) in [6.07, 6.45) is 2.06. The number of hydrogen-bond donors (Lipinski definition) is 0. The van der Waals surface area contributed by atoms with Crippen LogP contribution in [-0.2, 0) is 0 Å². The van der Waals surface area contributed by atoms with Gasteiger partial charge >= 0.3 is 0 Å². The topological polar surface area (TPSA) is 51.8 Å². The molecule has 2 aromatic heterocycles. The summed E-state index contributed by atoms with van der Waals surface area (Å²) >= 11 is 0. The van der Waals surface area contributed by atoms with Crippen molar-refractivity contribution in [2.75, 3.05) is 0 Å². The monoisotopic (exact) mass is 617 g/mol. The van der Waals surface area contributed by atoms with E-state index in [1.807, 2.05) is 44.2 Å². The molecule has 1 aliphatic carbocycles. The van der Waals surface area contributed by atoms with Crippen molar-refractivity contribution in [3.63, 3.8) is 0 Å². The Balaban J connectivity index is 1.16. The van der Waals surface area contributed by atoms with Gasteiger partial charge in [0.25, 0.3) is 0 Å². The lowest BCUT2D eigenvalue weighted by atomic mass is 9.93. The molecule has 0 atom stereocenters. The summed E-state index contributed by atoms with van der Waals surface area (Å²) in [7, 11) is 0. The second kappa shape index (κ2) is 11.0. The lowest BCUT2D eigenvalue weighted by Crippen LogP contribution is -2.22. The third-order valence-electron chi connectivity index (χ3n) is 9.57. The minimum absolute atomic E-state index is 0.667. The molecule has 0 aliphatic heterocycles. The Morgan fingerprint density at radius 3 is 1.92 bits per heavy atom. The van der Waals surface area contributed by atoms with E-state index in [9.17, 15) is 0 Å². The van der Waals surface area contributed by atoms with Crippen LogP contribution >= 0.6 is 0 Å². The quantitative estimate of drug-likeness (QED) is 0.197. The highest BCUT2D eigenvalue weighted by atomic mass is 16.3. The van der Waals surface area contributed by atoms with Gasteiger partial charge in [0.2, 0.25) is 0 Å². The Hall–Kier alpha value is -6.13. The molecule has 4 heteroatoms. The van der Waals surface area contributed by atoms with Crippen LogP contribution in [0.1, 0.15) is 25.2 Å². The summed E-state index contributed by atoms with van der Waals surface area (Å²) in [6.45, 7) is 6.12. The number of hydrogen-bond acceptors (Lipinski definition) is 4. The second-order valence-corrected chi connectivity index (χ2v) is 12.4. The van der Waals surface area contributed by atoms with Crippen molar-refractivity contribution in [3.8, 4) is 56.2 Å². The molecule has 0 spiro atoms. The molecule has 1 aliphatic rings. The first-order valence-corrected chi connectivity index (χ1v) is 16.3. The fourth-order valence-corrected chi connectivity index (χ4v) is 7.28. The van der Waals surface area contributed by atoms with Gasteiger partial charge in [0.1, 0.15) is 16.8 Å². The van der Waals surface area contributed by atoms with E-state index in [4.69, 9.17) is 9.40 Å². The van der Waals surface area contributed by atoms with Gasteiger partial charge in [-0.2, -0.15) is 0 Å². The maximum Gasteiger partial charge on any atom is 0.163 e. The zero-order chi connectivity index (χ0) is 32.4. The molecule has 0 unspecified atom stereocenters. The van der Waals surface area contributed by atoms with Crippen molar-refractivity contribution in [2.24, 2.45) is 0 Å². The average Bonchev–Trinajstić information content (AvgIpc) is 3.68. The van der Waals surface area contributed by atoms with Crippen LogP contribution in [0.3, 0.4) is 0 Å². The molecule has 48 heavy (non-hydrogen) atoms. The predicted octanol–water partition coefficient (Wildman–Crippen LogP) is 9.75. The fourth-order valence-electron chi connectivity index (χ4n) is 7.28. The van der Waals surface area contributed by atoms with E-state index in [-0.39, 0.29) is 0 Å². The first kappa shape index (κ1) is 28.1. The molecule has 9 rings (SSSR count). The highest BCUT2D eigenvalue weighted by molar-refractivity contribution is 6.18. The summed E-state index contributed by atoms with van der Waals surface area (Å²) in [6, 6.07) is 45.1. The number of furan rings is 1. The Kier molecular flexibility index (Phi) is 6.44. The van der Waals surface area contributed by atoms with Crippen LogP contribution in [0.4, 0.5) is 0 Å². The molecule has 0 amide bonds. The molecular formula is C44H31N3O. The van der Waals surface area contributed by atoms with Gasteiger partial charge in [-0.3, -0.25) is 0 Å². The first-order chi connectivity index (χ1) is 23.6. The van der Waals surface area contributed by atoms with Gasteiger partial charge in [0, 0.05) is 21.7 Å².